The molecule has 146 valence electrons. The van der Waals surface area contributed by atoms with Gasteiger partial charge in [0.25, 0.3) is 11.1 Å². The van der Waals surface area contributed by atoms with Crippen molar-refractivity contribution in [3.63, 3.8) is 0 Å². The van der Waals surface area contributed by atoms with Crippen LogP contribution in [0.2, 0.25) is 0 Å². The van der Waals surface area contributed by atoms with Gasteiger partial charge in [-0.25, -0.2) is 0 Å². The van der Waals surface area contributed by atoms with Gasteiger partial charge in [-0.2, -0.15) is 0 Å². The van der Waals surface area contributed by atoms with Crippen molar-refractivity contribution in [2.75, 3.05) is 7.11 Å². The SMILES string of the molecule is COc1cc(/C=C2\SC(=O)N(Cc3ccc4ccccc4c3)C2=O)c(Br)cc1O. The van der Waals surface area contributed by atoms with Gasteiger partial charge < -0.3 is 9.84 Å². The molecule has 1 aliphatic rings. The van der Waals surface area contributed by atoms with Gasteiger partial charge >= 0.3 is 0 Å². The summed E-state index contributed by atoms with van der Waals surface area (Å²) < 4.78 is 5.71. The number of methoxy groups -OCH3 is 1. The molecule has 29 heavy (non-hydrogen) atoms. The van der Waals surface area contributed by atoms with Crippen molar-refractivity contribution in [2.45, 2.75) is 6.54 Å². The first-order valence-electron chi connectivity index (χ1n) is 8.76. The molecule has 1 N–H and O–H groups in total. The fraction of sp³-hybridized carbons (Fsp3) is 0.0909. The van der Waals surface area contributed by atoms with E-state index in [0.29, 0.717) is 14.9 Å². The highest BCUT2D eigenvalue weighted by molar-refractivity contribution is 9.10. The number of hydrogen-bond donors (Lipinski definition) is 1. The first-order chi connectivity index (χ1) is 14.0. The van der Waals surface area contributed by atoms with Gasteiger partial charge in [0.1, 0.15) is 0 Å². The lowest BCUT2D eigenvalue weighted by Gasteiger charge is -2.13. The van der Waals surface area contributed by atoms with Crippen molar-refractivity contribution in [3.8, 4) is 11.5 Å². The van der Waals surface area contributed by atoms with E-state index < -0.39 is 0 Å². The summed E-state index contributed by atoms with van der Waals surface area (Å²) in [7, 11) is 1.45. The molecule has 0 spiro atoms. The summed E-state index contributed by atoms with van der Waals surface area (Å²) in [5.41, 5.74) is 1.52. The Bertz CT molecular complexity index is 1170. The Morgan fingerprint density at radius 2 is 1.86 bits per heavy atom. The number of thioether (sulfide) groups is 1. The molecule has 1 fully saturated rings. The predicted octanol–water partition coefficient (Wildman–Crippen LogP) is 5.55. The minimum Gasteiger partial charge on any atom is -0.504 e. The lowest BCUT2D eigenvalue weighted by atomic mass is 10.1. The molecule has 0 unspecified atom stereocenters. The van der Waals surface area contributed by atoms with Crippen molar-refractivity contribution in [2.24, 2.45) is 0 Å². The second-order valence-corrected chi connectivity index (χ2v) is 8.34. The Morgan fingerprint density at radius 1 is 1.10 bits per heavy atom. The summed E-state index contributed by atoms with van der Waals surface area (Å²) in [5, 5.41) is 11.7. The number of hydrogen-bond acceptors (Lipinski definition) is 5. The number of benzene rings is 3. The molecular formula is C22H16BrNO4S. The van der Waals surface area contributed by atoms with Crippen LogP contribution in [0.5, 0.6) is 11.5 Å². The van der Waals surface area contributed by atoms with Crippen LogP contribution < -0.4 is 4.74 Å². The first kappa shape index (κ1) is 19.5. The molecule has 1 aliphatic heterocycles. The van der Waals surface area contributed by atoms with E-state index in [1.807, 2.05) is 42.5 Å². The second-order valence-electron chi connectivity index (χ2n) is 6.49. The normalized spacial score (nSPS) is 15.5. The van der Waals surface area contributed by atoms with Crippen molar-refractivity contribution in [3.05, 3.63) is 75.1 Å². The van der Waals surface area contributed by atoms with E-state index in [2.05, 4.69) is 15.9 Å². The summed E-state index contributed by atoms with van der Waals surface area (Å²) in [4.78, 5) is 26.9. The van der Waals surface area contributed by atoms with E-state index in [1.165, 1.54) is 18.1 Å². The summed E-state index contributed by atoms with van der Waals surface area (Å²) >= 11 is 4.27. The molecule has 0 saturated carbocycles. The van der Waals surface area contributed by atoms with Crippen LogP contribution in [0.15, 0.2) is 64.0 Å². The third-order valence-electron chi connectivity index (χ3n) is 4.61. The predicted molar refractivity (Wildman–Crippen MR) is 118 cm³/mol. The summed E-state index contributed by atoms with van der Waals surface area (Å²) in [5.74, 6) is -0.0668. The van der Waals surface area contributed by atoms with Crippen molar-refractivity contribution in [1.82, 2.24) is 4.90 Å². The minimum atomic E-state index is -0.341. The summed E-state index contributed by atoms with van der Waals surface area (Å²) in [6.07, 6.45) is 1.62. The highest BCUT2D eigenvalue weighted by Gasteiger charge is 2.35. The molecule has 4 rings (SSSR count). The Kier molecular flexibility index (Phi) is 5.34. The van der Waals surface area contributed by atoms with Crippen LogP contribution in [-0.4, -0.2) is 28.3 Å². The zero-order valence-electron chi connectivity index (χ0n) is 15.4. The zero-order valence-corrected chi connectivity index (χ0v) is 17.8. The second kappa shape index (κ2) is 7.93. The Morgan fingerprint density at radius 3 is 2.62 bits per heavy atom. The number of halogens is 1. The standard InChI is InChI=1S/C22H16BrNO4S/c1-28-19-9-16(17(23)11-18(19)25)10-20-21(26)24(22(27)29-20)12-13-6-7-14-4-2-3-5-15(14)8-13/h2-11,25H,12H2,1H3/b20-10-. The van der Waals surface area contributed by atoms with E-state index in [1.54, 1.807) is 12.1 Å². The molecule has 2 amide bonds. The van der Waals surface area contributed by atoms with Crippen LogP contribution in [0, 0.1) is 0 Å². The van der Waals surface area contributed by atoms with Crippen LogP contribution in [0.1, 0.15) is 11.1 Å². The van der Waals surface area contributed by atoms with Gasteiger partial charge in [-0.15, -0.1) is 0 Å². The quantitative estimate of drug-likeness (QED) is 0.507. The topological polar surface area (TPSA) is 66.8 Å². The van der Waals surface area contributed by atoms with Gasteiger partial charge in [0.2, 0.25) is 0 Å². The Hall–Kier alpha value is -2.77. The molecule has 0 atom stereocenters. The lowest BCUT2D eigenvalue weighted by molar-refractivity contribution is -0.123. The number of fused-ring (bicyclic) bond motifs is 1. The minimum absolute atomic E-state index is 0.0130. The van der Waals surface area contributed by atoms with Gasteiger partial charge in [0, 0.05) is 4.47 Å². The van der Waals surface area contributed by atoms with Gasteiger partial charge in [-0.1, -0.05) is 52.3 Å². The van der Waals surface area contributed by atoms with Crippen LogP contribution >= 0.6 is 27.7 Å². The average Bonchev–Trinajstić information content (AvgIpc) is 2.97. The maximum Gasteiger partial charge on any atom is 0.293 e. The fourth-order valence-electron chi connectivity index (χ4n) is 3.13. The summed E-state index contributed by atoms with van der Waals surface area (Å²) in [6, 6.07) is 17.0. The van der Waals surface area contributed by atoms with Crippen molar-refractivity contribution >= 4 is 55.7 Å². The maximum atomic E-state index is 12.8. The summed E-state index contributed by atoms with van der Waals surface area (Å²) in [6.45, 7) is 0.215. The Balaban J connectivity index is 1.61. The van der Waals surface area contributed by atoms with Gasteiger partial charge in [0.05, 0.1) is 18.6 Å². The van der Waals surface area contributed by atoms with Crippen LogP contribution in [0.4, 0.5) is 4.79 Å². The number of ether oxygens (including phenoxy) is 1. The molecule has 1 heterocycles. The molecule has 0 bridgehead atoms. The van der Waals surface area contributed by atoms with Crippen molar-refractivity contribution in [1.29, 1.82) is 0 Å². The maximum absolute atomic E-state index is 12.8. The number of imide groups is 1. The molecule has 0 aliphatic carbocycles. The van der Waals surface area contributed by atoms with E-state index in [-0.39, 0.29) is 29.2 Å². The molecular weight excluding hydrogens is 454 g/mol. The fourth-order valence-corrected chi connectivity index (χ4v) is 4.40. The zero-order chi connectivity index (χ0) is 20.5. The van der Waals surface area contributed by atoms with E-state index in [4.69, 9.17) is 4.74 Å². The number of carbonyl (C=O) groups excluding carboxylic acids is 2. The Labute approximate surface area is 180 Å². The smallest absolute Gasteiger partial charge is 0.293 e. The average molecular weight is 470 g/mol. The monoisotopic (exact) mass is 469 g/mol. The molecule has 7 heteroatoms. The van der Waals surface area contributed by atoms with Crippen molar-refractivity contribution < 1.29 is 19.4 Å². The molecule has 1 saturated heterocycles. The number of phenolic OH excluding ortho intramolecular Hbond substituents is 1. The van der Waals surface area contributed by atoms with E-state index in [9.17, 15) is 14.7 Å². The highest BCUT2D eigenvalue weighted by atomic mass is 79.9. The number of aromatic hydroxyl groups is 1. The molecule has 0 radical (unpaired) electrons. The number of nitrogens with zero attached hydrogens (tertiary/aromatic N) is 1. The number of phenols is 1. The number of rotatable bonds is 4. The first-order valence-corrected chi connectivity index (χ1v) is 10.4. The van der Waals surface area contributed by atoms with Gasteiger partial charge in [-0.3, -0.25) is 14.5 Å². The van der Waals surface area contributed by atoms with E-state index >= 15 is 0 Å². The molecule has 3 aromatic rings. The lowest BCUT2D eigenvalue weighted by Crippen LogP contribution is -2.27. The number of carbonyl (C=O) groups is 2. The molecule has 0 aromatic heterocycles. The third kappa shape index (κ3) is 3.88. The van der Waals surface area contributed by atoms with E-state index in [0.717, 1.165) is 28.1 Å². The van der Waals surface area contributed by atoms with Gasteiger partial charge in [0.15, 0.2) is 11.5 Å². The number of amides is 2. The van der Waals surface area contributed by atoms with Crippen LogP contribution in [0.25, 0.3) is 16.8 Å². The third-order valence-corrected chi connectivity index (χ3v) is 6.21. The molecule has 5 nitrogen and oxygen atoms in total. The molecule has 3 aromatic carbocycles. The van der Waals surface area contributed by atoms with Crippen LogP contribution in [0.3, 0.4) is 0 Å². The van der Waals surface area contributed by atoms with Crippen LogP contribution in [-0.2, 0) is 11.3 Å². The van der Waals surface area contributed by atoms with Gasteiger partial charge in [-0.05, 0) is 57.9 Å². The largest absolute Gasteiger partial charge is 0.504 e. The highest BCUT2D eigenvalue weighted by Crippen LogP contribution is 2.38.